The minimum absolute atomic E-state index is 0.333. The van der Waals surface area contributed by atoms with Crippen LogP contribution in [0, 0.1) is 0 Å². The van der Waals surface area contributed by atoms with Crippen LogP contribution in [-0.4, -0.2) is 35.4 Å². The van der Waals surface area contributed by atoms with Crippen LogP contribution in [0.2, 0.25) is 0 Å². The van der Waals surface area contributed by atoms with E-state index in [1.807, 2.05) is 6.92 Å². The Morgan fingerprint density at radius 1 is 1.37 bits per heavy atom. The van der Waals surface area contributed by atoms with Crippen LogP contribution in [0.5, 0.6) is 0 Å². The number of anilines is 1. The van der Waals surface area contributed by atoms with Crippen molar-refractivity contribution in [1.82, 2.24) is 0 Å². The van der Waals surface area contributed by atoms with E-state index in [0.29, 0.717) is 17.7 Å². The van der Waals surface area contributed by atoms with E-state index in [2.05, 4.69) is 0 Å². The van der Waals surface area contributed by atoms with E-state index in [1.54, 1.807) is 45.0 Å². The third kappa shape index (κ3) is 4.57. The molecular weight excluding hydrogens is 245 g/mol. The highest BCUT2D eigenvalue weighted by molar-refractivity contribution is 6.58. The zero-order valence-corrected chi connectivity index (χ0v) is 11.8. The molecule has 0 saturated heterocycles. The van der Waals surface area contributed by atoms with Crippen molar-refractivity contribution in [2.45, 2.75) is 33.3 Å². The largest absolute Gasteiger partial charge is 0.488 e. The Bertz CT molecular complexity index is 443. The van der Waals surface area contributed by atoms with Gasteiger partial charge < -0.3 is 14.8 Å². The number of ether oxygens (including phenoxy) is 1. The predicted octanol–water partition coefficient (Wildman–Crippen LogP) is 1.13. The fraction of sp³-hybridized carbons (Fsp3) is 0.462. The Hall–Kier alpha value is -1.53. The van der Waals surface area contributed by atoms with Gasteiger partial charge in [0, 0.05) is 12.2 Å². The van der Waals surface area contributed by atoms with E-state index in [-0.39, 0.29) is 0 Å². The number of rotatable bonds is 3. The molecule has 6 heteroatoms. The van der Waals surface area contributed by atoms with Crippen LogP contribution in [0.3, 0.4) is 0 Å². The summed E-state index contributed by atoms with van der Waals surface area (Å²) in [5, 5.41) is 18.3. The Labute approximate surface area is 114 Å². The summed E-state index contributed by atoms with van der Waals surface area (Å²) in [7, 11) is -1.56. The van der Waals surface area contributed by atoms with Crippen molar-refractivity contribution >= 4 is 24.4 Å². The van der Waals surface area contributed by atoms with Crippen molar-refractivity contribution in [1.29, 1.82) is 0 Å². The lowest BCUT2D eigenvalue weighted by Gasteiger charge is -2.26. The molecule has 0 heterocycles. The quantitative estimate of drug-likeness (QED) is 0.804. The molecule has 0 spiro atoms. The van der Waals surface area contributed by atoms with E-state index in [9.17, 15) is 4.79 Å². The van der Waals surface area contributed by atoms with Crippen LogP contribution in [0.15, 0.2) is 24.3 Å². The van der Waals surface area contributed by atoms with Gasteiger partial charge in [0.15, 0.2) is 0 Å². The SMILES string of the molecule is CCN(C(=O)OC(C)(C)C)c1cccc(B(O)O)c1. The average Bonchev–Trinajstić information content (AvgIpc) is 2.27. The van der Waals surface area contributed by atoms with E-state index in [4.69, 9.17) is 14.8 Å². The Morgan fingerprint density at radius 3 is 2.47 bits per heavy atom. The molecule has 0 aliphatic carbocycles. The van der Waals surface area contributed by atoms with Crippen LogP contribution < -0.4 is 10.4 Å². The van der Waals surface area contributed by atoms with Gasteiger partial charge >= 0.3 is 13.2 Å². The first kappa shape index (κ1) is 15.5. The fourth-order valence-corrected chi connectivity index (χ4v) is 1.59. The van der Waals surface area contributed by atoms with Crippen LogP contribution >= 0.6 is 0 Å². The van der Waals surface area contributed by atoms with Gasteiger partial charge in [-0.05, 0) is 45.3 Å². The molecule has 0 saturated carbocycles. The Morgan fingerprint density at radius 2 is 2.00 bits per heavy atom. The Kier molecular flexibility index (Phi) is 4.97. The molecular formula is C13H20BNO4. The molecule has 19 heavy (non-hydrogen) atoms. The van der Waals surface area contributed by atoms with E-state index in [1.165, 1.54) is 4.90 Å². The van der Waals surface area contributed by atoms with Gasteiger partial charge in [0.05, 0.1) is 0 Å². The van der Waals surface area contributed by atoms with Gasteiger partial charge in [0.1, 0.15) is 5.60 Å². The molecule has 0 aliphatic heterocycles. The van der Waals surface area contributed by atoms with Gasteiger partial charge in [-0.1, -0.05) is 12.1 Å². The van der Waals surface area contributed by atoms with E-state index in [0.717, 1.165) is 0 Å². The van der Waals surface area contributed by atoms with Crippen molar-refractivity contribution < 1.29 is 19.6 Å². The summed E-state index contributed by atoms with van der Waals surface area (Å²) in [5.74, 6) is 0. The lowest BCUT2D eigenvalue weighted by Crippen LogP contribution is -2.38. The van der Waals surface area contributed by atoms with Crippen LogP contribution in [0.1, 0.15) is 27.7 Å². The normalized spacial score (nSPS) is 11.1. The first-order valence-corrected chi connectivity index (χ1v) is 6.21. The minimum Gasteiger partial charge on any atom is -0.443 e. The molecule has 0 unspecified atom stereocenters. The number of carbonyl (C=O) groups is 1. The zero-order chi connectivity index (χ0) is 14.6. The number of nitrogens with zero attached hydrogens (tertiary/aromatic N) is 1. The smallest absolute Gasteiger partial charge is 0.443 e. The molecule has 1 aromatic rings. The molecule has 2 N–H and O–H groups in total. The molecule has 0 radical (unpaired) electrons. The third-order valence-electron chi connectivity index (χ3n) is 2.41. The highest BCUT2D eigenvalue weighted by Gasteiger charge is 2.23. The topological polar surface area (TPSA) is 70.0 Å². The van der Waals surface area contributed by atoms with Gasteiger partial charge in [-0.3, -0.25) is 4.90 Å². The fourth-order valence-electron chi connectivity index (χ4n) is 1.59. The number of hydrogen-bond donors (Lipinski definition) is 2. The average molecular weight is 265 g/mol. The molecule has 5 nitrogen and oxygen atoms in total. The molecule has 1 rings (SSSR count). The van der Waals surface area contributed by atoms with Gasteiger partial charge in [-0.25, -0.2) is 4.79 Å². The summed E-state index contributed by atoms with van der Waals surface area (Å²) in [6, 6.07) is 6.52. The van der Waals surface area contributed by atoms with Gasteiger partial charge in [-0.15, -0.1) is 0 Å². The monoisotopic (exact) mass is 265 g/mol. The molecule has 0 aromatic heterocycles. The molecule has 0 atom stereocenters. The lowest BCUT2D eigenvalue weighted by molar-refractivity contribution is 0.0582. The second kappa shape index (κ2) is 6.08. The lowest BCUT2D eigenvalue weighted by atomic mass is 9.80. The van der Waals surface area contributed by atoms with Crippen LogP contribution in [0.4, 0.5) is 10.5 Å². The van der Waals surface area contributed by atoms with Crippen molar-refractivity contribution in [3.05, 3.63) is 24.3 Å². The third-order valence-corrected chi connectivity index (χ3v) is 2.41. The van der Waals surface area contributed by atoms with Crippen LogP contribution in [0.25, 0.3) is 0 Å². The first-order valence-electron chi connectivity index (χ1n) is 6.21. The standard InChI is InChI=1S/C13H20BNO4/c1-5-15(12(16)19-13(2,3)4)11-8-6-7-10(9-11)14(17)18/h6-9,17-18H,5H2,1-4H3. The van der Waals surface area contributed by atoms with Crippen molar-refractivity contribution in [3.8, 4) is 0 Å². The van der Waals surface area contributed by atoms with Gasteiger partial charge in [-0.2, -0.15) is 0 Å². The molecule has 0 bridgehead atoms. The van der Waals surface area contributed by atoms with Crippen molar-refractivity contribution in [2.75, 3.05) is 11.4 Å². The van der Waals surface area contributed by atoms with Gasteiger partial charge in [0.25, 0.3) is 0 Å². The van der Waals surface area contributed by atoms with E-state index >= 15 is 0 Å². The molecule has 1 aromatic carbocycles. The summed E-state index contributed by atoms with van der Waals surface area (Å²) in [4.78, 5) is 13.5. The summed E-state index contributed by atoms with van der Waals surface area (Å²) in [5.41, 5.74) is 0.334. The predicted molar refractivity (Wildman–Crippen MR) is 75.5 cm³/mol. The highest BCUT2D eigenvalue weighted by atomic mass is 16.6. The summed E-state index contributed by atoms with van der Waals surface area (Å²) in [6.07, 6.45) is -0.459. The van der Waals surface area contributed by atoms with Crippen molar-refractivity contribution in [2.24, 2.45) is 0 Å². The maximum atomic E-state index is 12.1. The minimum atomic E-state index is -1.56. The second-order valence-corrected chi connectivity index (χ2v) is 5.19. The summed E-state index contributed by atoms with van der Waals surface area (Å²) >= 11 is 0. The Balaban J connectivity index is 2.97. The highest BCUT2D eigenvalue weighted by Crippen LogP contribution is 2.17. The molecule has 0 aliphatic rings. The second-order valence-electron chi connectivity index (χ2n) is 5.19. The van der Waals surface area contributed by atoms with E-state index < -0.39 is 18.8 Å². The maximum absolute atomic E-state index is 12.1. The molecule has 0 fully saturated rings. The maximum Gasteiger partial charge on any atom is 0.488 e. The number of hydrogen-bond acceptors (Lipinski definition) is 4. The molecule has 104 valence electrons. The van der Waals surface area contributed by atoms with Gasteiger partial charge in [0.2, 0.25) is 0 Å². The van der Waals surface area contributed by atoms with Crippen LogP contribution in [-0.2, 0) is 4.74 Å². The molecule has 1 amide bonds. The first-order chi connectivity index (χ1) is 8.74. The zero-order valence-electron chi connectivity index (χ0n) is 11.8. The number of amides is 1. The summed E-state index contributed by atoms with van der Waals surface area (Å²) < 4.78 is 5.31. The number of benzene rings is 1. The summed E-state index contributed by atoms with van der Waals surface area (Å²) in [6.45, 7) is 7.65. The number of carbonyl (C=O) groups excluding carboxylic acids is 1. The van der Waals surface area contributed by atoms with Crippen molar-refractivity contribution in [3.63, 3.8) is 0 Å².